The number of hydrogen-bond acceptors (Lipinski definition) is 3. The molecule has 2 aromatic rings. The van der Waals surface area contributed by atoms with Crippen LogP contribution < -0.4 is 4.74 Å². The molecule has 1 aromatic heterocycles. The van der Waals surface area contributed by atoms with Crippen LogP contribution in [0, 0.1) is 5.92 Å². The van der Waals surface area contributed by atoms with Crippen molar-refractivity contribution < 1.29 is 9.84 Å². The van der Waals surface area contributed by atoms with Crippen LogP contribution in [0.4, 0.5) is 0 Å². The van der Waals surface area contributed by atoms with Crippen LogP contribution in [0.1, 0.15) is 44.2 Å². The van der Waals surface area contributed by atoms with Crippen LogP contribution in [0.3, 0.4) is 0 Å². The fourth-order valence-corrected chi connectivity index (χ4v) is 2.80. The van der Waals surface area contributed by atoms with Crippen molar-refractivity contribution in [2.45, 2.75) is 44.9 Å². The van der Waals surface area contributed by atoms with Gasteiger partial charge in [-0.15, -0.1) is 0 Å². The molecular weight excluding hydrogens is 262 g/mol. The molecule has 3 rings (SSSR count). The molecule has 0 unspecified atom stereocenters. The Hall–Kier alpha value is -1.77. The van der Waals surface area contributed by atoms with E-state index in [0.717, 1.165) is 41.1 Å². The lowest BCUT2D eigenvalue weighted by Crippen LogP contribution is -1.93. The highest BCUT2D eigenvalue weighted by molar-refractivity contribution is 5.81. The van der Waals surface area contributed by atoms with Gasteiger partial charge in [0.1, 0.15) is 11.5 Å². The third kappa shape index (κ3) is 3.66. The smallest absolute Gasteiger partial charge is 0.137 e. The average molecular weight is 285 g/mol. The molecule has 21 heavy (non-hydrogen) atoms. The quantitative estimate of drug-likeness (QED) is 0.764. The molecule has 1 aromatic carbocycles. The number of ether oxygens (including phenoxy) is 1. The molecule has 0 radical (unpaired) electrons. The maximum Gasteiger partial charge on any atom is 0.137 e. The summed E-state index contributed by atoms with van der Waals surface area (Å²) >= 11 is 0. The number of hydrogen-bond donors (Lipinski definition) is 1. The summed E-state index contributed by atoms with van der Waals surface area (Å²) in [7, 11) is 1.64. The Morgan fingerprint density at radius 1 is 1.19 bits per heavy atom. The molecule has 3 heteroatoms. The minimum atomic E-state index is 0.304. The van der Waals surface area contributed by atoms with Gasteiger partial charge in [0, 0.05) is 5.39 Å². The number of rotatable bonds is 7. The van der Waals surface area contributed by atoms with Gasteiger partial charge in [0.25, 0.3) is 0 Å². The number of benzene rings is 1. The minimum Gasteiger partial charge on any atom is -0.506 e. The van der Waals surface area contributed by atoms with Crippen molar-refractivity contribution in [2.75, 3.05) is 7.11 Å². The van der Waals surface area contributed by atoms with E-state index in [1.807, 2.05) is 18.2 Å². The summed E-state index contributed by atoms with van der Waals surface area (Å²) in [4.78, 5) is 4.59. The van der Waals surface area contributed by atoms with E-state index < -0.39 is 0 Å². The summed E-state index contributed by atoms with van der Waals surface area (Å²) in [6.45, 7) is 0. The van der Waals surface area contributed by atoms with Gasteiger partial charge in [-0.05, 0) is 43.0 Å². The van der Waals surface area contributed by atoms with Crippen LogP contribution in [0.5, 0.6) is 11.5 Å². The van der Waals surface area contributed by atoms with Gasteiger partial charge in [0.2, 0.25) is 0 Å². The van der Waals surface area contributed by atoms with E-state index in [0.29, 0.717) is 5.75 Å². The normalized spacial score (nSPS) is 14.5. The van der Waals surface area contributed by atoms with E-state index in [-0.39, 0.29) is 0 Å². The van der Waals surface area contributed by atoms with Gasteiger partial charge in [-0.1, -0.05) is 32.1 Å². The lowest BCUT2D eigenvalue weighted by molar-refractivity contribution is 0.415. The van der Waals surface area contributed by atoms with Gasteiger partial charge >= 0.3 is 0 Å². The van der Waals surface area contributed by atoms with Gasteiger partial charge in [-0.3, -0.25) is 0 Å². The van der Waals surface area contributed by atoms with Gasteiger partial charge in [-0.25, -0.2) is 4.98 Å². The van der Waals surface area contributed by atoms with Crippen LogP contribution in [0.15, 0.2) is 24.3 Å². The van der Waals surface area contributed by atoms with Crippen molar-refractivity contribution in [3.8, 4) is 11.5 Å². The first-order chi connectivity index (χ1) is 10.3. The Morgan fingerprint density at radius 2 is 2.05 bits per heavy atom. The molecule has 0 bridgehead atoms. The molecule has 1 N–H and O–H groups in total. The highest BCUT2D eigenvalue weighted by atomic mass is 16.5. The molecule has 1 aliphatic rings. The Bertz CT molecular complexity index is 620. The first-order valence-electron chi connectivity index (χ1n) is 7.93. The van der Waals surface area contributed by atoms with Crippen molar-refractivity contribution in [1.82, 2.24) is 4.98 Å². The molecule has 0 amide bonds. The second-order valence-electron chi connectivity index (χ2n) is 6.06. The van der Waals surface area contributed by atoms with E-state index in [9.17, 15) is 5.11 Å². The van der Waals surface area contributed by atoms with Crippen molar-refractivity contribution in [3.63, 3.8) is 0 Å². The van der Waals surface area contributed by atoms with Gasteiger partial charge in [0.15, 0.2) is 0 Å². The minimum absolute atomic E-state index is 0.304. The monoisotopic (exact) mass is 285 g/mol. The van der Waals surface area contributed by atoms with Crippen molar-refractivity contribution in [1.29, 1.82) is 0 Å². The Labute approximate surface area is 126 Å². The molecule has 1 aliphatic carbocycles. The van der Waals surface area contributed by atoms with Gasteiger partial charge in [-0.2, -0.15) is 0 Å². The fraction of sp³-hybridized carbons (Fsp3) is 0.500. The summed E-state index contributed by atoms with van der Waals surface area (Å²) < 4.78 is 5.20. The topological polar surface area (TPSA) is 42.4 Å². The molecule has 3 nitrogen and oxygen atoms in total. The summed E-state index contributed by atoms with van der Waals surface area (Å²) in [5.74, 6) is 2.11. The molecular formula is C18H23NO2. The zero-order valence-electron chi connectivity index (χ0n) is 12.6. The number of nitrogens with zero attached hydrogens (tertiary/aromatic N) is 1. The molecule has 0 saturated heterocycles. The maximum atomic E-state index is 10.1. The second-order valence-corrected chi connectivity index (χ2v) is 6.06. The number of unbranched alkanes of at least 4 members (excludes halogenated alkanes) is 2. The zero-order valence-corrected chi connectivity index (χ0v) is 12.6. The van der Waals surface area contributed by atoms with Crippen molar-refractivity contribution >= 4 is 10.9 Å². The molecule has 1 saturated carbocycles. The van der Waals surface area contributed by atoms with E-state index in [1.165, 1.54) is 32.1 Å². The highest BCUT2D eigenvalue weighted by Gasteiger charge is 2.19. The van der Waals surface area contributed by atoms with Crippen LogP contribution in [0.2, 0.25) is 0 Å². The largest absolute Gasteiger partial charge is 0.506 e. The van der Waals surface area contributed by atoms with E-state index in [2.05, 4.69) is 4.98 Å². The summed E-state index contributed by atoms with van der Waals surface area (Å²) in [6.07, 6.45) is 8.78. The van der Waals surface area contributed by atoms with E-state index in [4.69, 9.17) is 4.74 Å². The van der Waals surface area contributed by atoms with Crippen molar-refractivity contribution in [2.24, 2.45) is 5.92 Å². The fourth-order valence-electron chi connectivity index (χ4n) is 2.80. The average Bonchev–Trinajstić information content (AvgIpc) is 3.31. The Morgan fingerprint density at radius 3 is 2.81 bits per heavy atom. The van der Waals surface area contributed by atoms with Crippen LogP contribution in [-0.2, 0) is 6.42 Å². The number of aromatic nitrogens is 1. The van der Waals surface area contributed by atoms with E-state index >= 15 is 0 Å². The lowest BCUT2D eigenvalue weighted by atomic mass is 10.1. The number of aromatic hydroxyl groups is 1. The maximum absolute atomic E-state index is 10.1. The van der Waals surface area contributed by atoms with Crippen molar-refractivity contribution in [3.05, 3.63) is 30.0 Å². The lowest BCUT2D eigenvalue weighted by Gasteiger charge is -2.07. The summed E-state index contributed by atoms with van der Waals surface area (Å²) in [5.41, 5.74) is 1.74. The molecule has 0 atom stereocenters. The third-order valence-corrected chi connectivity index (χ3v) is 4.30. The summed E-state index contributed by atoms with van der Waals surface area (Å²) in [6, 6.07) is 7.56. The Kier molecular flexibility index (Phi) is 4.28. The number of fused-ring (bicyclic) bond motifs is 1. The van der Waals surface area contributed by atoms with Crippen LogP contribution >= 0.6 is 0 Å². The number of pyridine rings is 1. The Balaban J connectivity index is 1.62. The van der Waals surface area contributed by atoms with Crippen LogP contribution in [0.25, 0.3) is 10.9 Å². The SMILES string of the molecule is COc1ccc2nc(CCCCCC3CC3)c(O)cc2c1. The first kappa shape index (κ1) is 14.2. The van der Waals surface area contributed by atoms with Gasteiger partial charge < -0.3 is 9.84 Å². The molecule has 112 valence electrons. The standard InChI is InChI=1S/C18H23NO2/c1-21-15-9-10-16-14(11-15)12-18(20)17(19-16)6-4-2-3-5-13-7-8-13/h9-13,20H,2-8H2,1H3. The third-order valence-electron chi connectivity index (χ3n) is 4.30. The number of aryl methyl sites for hydroxylation is 1. The first-order valence-corrected chi connectivity index (χ1v) is 7.93. The predicted octanol–water partition coefficient (Wildman–Crippen LogP) is 4.46. The van der Waals surface area contributed by atoms with Crippen LogP contribution in [-0.4, -0.2) is 17.2 Å². The summed E-state index contributed by atoms with van der Waals surface area (Å²) in [5, 5.41) is 11.0. The number of methoxy groups -OCH3 is 1. The molecule has 1 fully saturated rings. The molecule has 0 aliphatic heterocycles. The van der Waals surface area contributed by atoms with Gasteiger partial charge in [0.05, 0.1) is 18.3 Å². The second kappa shape index (κ2) is 6.33. The molecule has 0 spiro atoms. The predicted molar refractivity (Wildman–Crippen MR) is 84.9 cm³/mol. The van der Waals surface area contributed by atoms with E-state index in [1.54, 1.807) is 13.2 Å². The zero-order chi connectivity index (χ0) is 14.7. The highest BCUT2D eigenvalue weighted by Crippen LogP contribution is 2.34. The molecule has 1 heterocycles.